The Hall–Kier alpha value is -0.370. The maximum atomic E-state index is 13.0. The fourth-order valence-electron chi connectivity index (χ4n) is 1.50. The lowest BCUT2D eigenvalue weighted by Gasteiger charge is -2.04. The Kier molecular flexibility index (Phi) is 1.95. The first-order valence-corrected chi connectivity index (χ1v) is 4.93. The van der Waals surface area contributed by atoms with Crippen molar-refractivity contribution in [2.75, 3.05) is 0 Å². The fourth-order valence-corrected chi connectivity index (χ4v) is 1.86. The van der Waals surface area contributed by atoms with Crippen molar-refractivity contribution in [1.82, 2.24) is 0 Å². The van der Waals surface area contributed by atoms with Gasteiger partial charge in [0.2, 0.25) is 0 Å². The number of hydrogen-bond acceptors (Lipinski definition) is 0. The molecule has 0 unspecified atom stereocenters. The van der Waals surface area contributed by atoms with Crippen LogP contribution in [0.4, 0.5) is 4.39 Å². The van der Waals surface area contributed by atoms with Crippen molar-refractivity contribution in [2.24, 2.45) is 0 Å². The molecule has 64 valence electrons. The van der Waals surface area contributed by atoms with Gasteiger partial charge in [0.15, 0.2) is 0 Å². The van der Waals surface area contributed by atoms with Crippen molar-refractivity contribution in [3.63, 3.8) is 0 Å². The van der Waals surface area contributed by atoms with Crippen LogP contribution in [0.15, 0.2) is 16.6 Å². The zero-order valence-corrected chi connectivity index (χ0v) is 8.49. The van der Waals surface area contributed by atoms with Crippen LogP contribution < -0.4 is 0 Å². The summed E-state index contributed by atoms with van der Waals surface area (Å²) in [5.74, 6) is 0.541. The van der Waals surface area contributed by atoms with Gasteiger partial charge in [0.1, 0.15) is 5.82 Å². The van der Waals surface area contributed by atoms with Gasteiger partial charge < -0.3 is 0 Å². The SMILES string of the molecule is Cc1cc(F)c(Br)cc1C1CC1. The van der Waals surface area contributed by atoms with E-state index in [-0.39, 0.29) is 5.82 Å². The molecule has 0 heterocycles. The lowest BCUT2D eigenvalue weighted by Crippen LogP contribution is -1.88. The molecule has 0 aromatic heterocycles. The molecule has 2 heteroatoms. The van der Waals surface area contributed by atoms with Crippen LogP contribution in [-0.4, -0.2) is 0 Å². The summed E-state index contributed by atoms with van der Waals surface area (Å²) in [6.07, 6.45) is 2.53. The molecule has 1 aliphatic rings. The highest BCUT2D eigenvalue weighted by atomic mass is 79.9. The van der Waals surface area contributed by atoms with Gasteiger partial charge in [-0.15, -0.1) is 0 Å². The molecule has 1 fully saturated rings. The molecule has 0 N–H and O–H groups in total. The minimum Gasteiger partial charge on any atom is -0.206 e. The van der Waals surface area contributed by atoms with E-state index in [0.717, 1.165) is 5.56 Å². The second kappa shape index (κ2) is 2.84. The van der Waals surface area contributed by atoms with Crippen molar-refractivity contribution in [3.05, 3.63) is 33.5 Å². The van der Waals surface area contributed by atoms with Crippen molar-refractivity contribution in [3.8, 4) is 0 Å². The smallest absolute Gasteiger partial charge is 0.137 e. The monoisotopic (exact) mass is 228 g/mol. The van der Waals surface area contributed by atoms with E-state index in [0.29, 0.717) is 10.4 Å². The standard InChI is InChI=1S/C10H10BrF/c1-6-4-10(12)9(11)5-8(6)7-2-3-7/h4-5,7H,2-3H2,1H3. The Balaban J connectivity index is 2.47. The maximum Gasteiger partial charge on any atom is 0.137 e. The summed E-state index contributed by atoms with van der Waals surface area (Å²) in [5.41, 5.74) is 2.39. The highest BCUT2D eigenvalue weighted by Crippen LogP contribution is 2.42. The summed E-state index contributed by atoms with van der Waals surface area (Å²) in [6, 6.07) is 3.53. The van der Waals surface area contributed by atoms with E-state index in [4.69, 9.17) is 0 Å². The summed E-state index contributed by atoms with van der Waals surface area (Å²) in [6.45, 7) is 1.98. The van der Waals surface area contributed by atoms with Crippen LogP contribution in [0.1, 0.15) is 29.9 Å². The molecular formula is C10H10BrF. The predicted molar refractivity (Wildman–Crippen MR) is 50.8 cm³/mol. The van der Waals surface area contributed by atoms with E-state index in [1.807, 2.05) is 13.0 Å². The Morgan fingerprint density at radius 3 is 2.67 bits per heavy atom. The number of hydrogen-bond donors (Lipinski definition) is 0. The molecule has 1 saturated carbocycles. The van der Waals surface area contributed by atoms with Crippen molar-refractivity contribution < 1.29 is 4.39 Å². The van der Waals surface area contributed by atoms with Crippen LogP contribution in [0.2, 0.25) is 0 Å². The summed E-state index contributed by atoms with van der Waals surface area (Å²) in [4.78, 5) is 0. The fraction of sp³-hybridized carbons (Fsp3) is 0.400. The van der Waals surface area contributed by atoms with E-state index >= 15 is 0 Å². The Morgan fingerprint density at radius 2 is 2.08 bits per heavy atom. The minimum atomic E-state index is -0.156. The zero-order valence-electron chi connectivity index (χ0n) is 6.90. The largest absolute Gasteiger partial charge is 0.206 e. The van der Waals surface area contributed by atoms with Crippen LogP contribution in [0.5, 0.6) is 0 Å². The summed E-state index contributed by atoms with van der Waals surface area (Å²) in [5, 5.41) is 0. The highest BCUT2D eigenvalue weighted by Gasteiger charge is 2.25. The van der Waals surface area contributed by atoms with Gasteiger partial charge in [-0.2, -0.15) is 0 Å². The number of benzene rings is 1. The molecule has 1 aliphatic carbocycles. The normalized spacial score (nSPS) is 16.6. The first kappa shape index (κ1) is 8.24. The summed E-state index contributed by atoms with van der Waals surface area (Å²) in [7, 11) is 0. The van der Waals surface area contributed by atoms with E-state index in [2.05, 4.69) is 15.9 Å². The molecule has 0 saturated heterocycles. The van der Waals surface area contributed by atoms with Gasteiger partial charge in [-0.3, -0.25) is 0 Å². The van der Waals surface area contributed by atoms with Gasteiger partial charge in [0.05, 0.1) is 4.47 Å². The van der Waals surface area contributed by atoms with Gasteiger partial charge in [0.25, 0.3) is 0 Å². The third-order valence-electron chi connectivity index (χ3n) is 2.33. The van der Waals surface area contributed by atoms with E-state index in [9.17, 15) is 4.39 Å². The topological polar surface area (TPSA) is 0 Å². The highest BCUT2D eigenvalue weighted by molar-refractivity contribution is 9.10. The van der Waals surface area contributed by atoms with Gasteiger partial charge in [-0.25, -0.2) is 4.39 Å². The Morgan fingerprint density at radius 1 is 1.42 bits per heavy atom. The molecule has 1 aromatic rings. The molecule has 0 bridgehead atoms. The van der Waals surface area contributed by atoms with Crippen LogP contribution in [0.25, 0.3) is 0 Å². The molecule has 0 aliphatic heterocycles. The van der Waals surface area contributed by atoms with Gasteiger partial charge in [-0.1, -0.05) is 0 Å². The number of halogens is 2. The Labute approximate surface area is 79.9 Å². The second-order valence-electron chi connectivity index (χ2n) is 3.40. The molecule has 2 rings (SSSR count). The predicted octanol–water partition coefficient (Wildman–Crippen LogP) is 3.77. The third kappa shape index (κ3) is 1.40. The molecule has 1 aromatic carbocycles. The summed E-state index contributed by atoms with van der Waals surface area (Å²) >= 11 is 3.20. The number of rotatable bonds is 1. The molecule has 0 radical (unpaired) electrons. The van der Waals surface area contributed by atoms with E-state index in [1.165, 1.54) is 18.4 Å². The molecule has 0 atom stereocenters. The van der Waals surface area contributed by atoms with Crippen molar-refractivity contribution in [1.29, 1.82) is 0 Å². The average molecular weight is 229 g/mol. The van der Waals surface area contributed by atoms with E-state index < -0.39 is 0 Å². The van der Waals surface area contributed by atoms with Crippen LogP contribution in [0, 0.1) is 12.7 Å². The zero-order chi connectivity index (χ0) is 8.72. The first-order valence-electron chi connectivity index (χ1n) is 4.14. The van der Waals surface area contributed by atoms with Crippen LogP contribution in [0.3, 0.4) is 0 Å². The lowest BCUT2D eigenvalue weighted by molar-refractivity contribution is 0.619. The lowest BCUT2D eigenvalue weighted by atomic mass is 10.0. The number of aryl methyl sites for hydroxylation is 1. The first-order chi connectivity index (χ1) is 5.68. The quantitative estimate of drug-likeness (QED) is 0.687. The molecule has 12 heavy (non-hydrogen) atoms. The second-order valence-corrected chi connectivity index (χ2v) is 4.25. The molecule has 0 nitrogen and oxygen atoms in total. The maximum absolute atomic E-state index is 13.0. The van der Waals surface area contributed by atoms with Gasteiger partial charge in [-0.05, 0) is 64.9 Å². The van der Waals surface area contributed by atoms with Crippen LogP contribution >= 0.6 is 15.9 Å². The summed E-state index contributed by atoms with van der Waals surface area (Å²) < 4.78 is 13.6. The van der Waals surface area contributed by atoms with Gasteiger partial charge >= 0.3 is 0 Å². The molecule has 0 amide bonds. The van der Waals surface area contributed by atoms with E-state index in [1.54, 1.807) is 6.07 Å². The Bertz CT molecular complexity index is 316. The molecular weight excluding hydrogens is 219 g/mol. The minimum absolute atomic E-state index is 0.156. The van der Waals surface area contributed by atoms with Crippen molar-refractivity contribution in [2.45, 2.75) is 25.7 Å². The third-order valence-corrected chi connectivity index (χ3v) is 2.93. The van der Waals surface area contributed by atoms with Gasteiger partial charge in [0, 0.05) is 0 Å². The van der Waals surface area contributed by atoms with Crippen LogP contribution in [-0.2, 0) is 0 Å². The average Bonchev–Trinajstić information content (AvgIpc) is 2.79. The van der Waals surface area contributed by atoms with Crippen molar-refractivity contribution >= 4 is 15.9 Å². The molecule has 0 spiro atoms.